The number of benzene rings is 1. The maximum Gasteiger partial charge on any atom is 0.287 e. The molecule has 1 atom stereocenters. The smallest absolute Gasteiger partial charge is 0.287 e. The molecule has 3 nitrogen and oxygen atoms in total. The van der Waals surface area contributed by atoms with Crippen LogP contribution in [0.15, 0.2) is 45.3 Å². The van der Waals surface area contributed by atoms with Crippen LogP contribution in [0.2, 0.25) is 0 Å². The topological polar surface area (TPSA) is 42.2 Å². The summed E-state index contributed by atoms with van der Waals surface area (Å²) in [5.41, 5.74) is 1.04. The normalized spacial score (nSPS) is 12.2. The van der Waals surface area contributed by atoms with Crippen molar-refractivity contribution in [3.05, 3.63) is 58.0 Å². The monoisotopic (exact) mass is 307 g/mol. The SMILES string of the molecule is Cc1ccc(C(=O)NC(C)c2ccccc2Br)o1. The van der Waals surface area contributed by atoms with E-state index >= 15 is 0 Å². The lowest BCUT2D eigenvalue weighted by molar-refractivity contribution is 0.0910. The van der Waals surface area contributed by atoms with Gasteiger partial charge in [0.15, 0.2) is 5.76 Å². The minimum Gasteiger partial charge on any atom is -0.456 e. The molecule has 0 saturated carbocycles. The summed E-state index contributed by atoms with van der Waals surface area (Å²) in [4.78, 5) is 11.9. The highest BCUT2D eigenvalue weighted by Gasteiger charge is 2.15. The lowest BCUT2D eigenvalue weighted by Crippen LogP contribution is -2.26. The van der Waals surface area contributed by atoms with E-state index in [2.05, 4.69) is 21.2 Å². The molecular weight excluding hydrogens is 294 g/mol. The number of hydrogen-bond acceptors (Lipinski definition) is 2. The van der Waals surface area contributed by atoms with Crippen LogP contribution < -0.4 is 5.32 Å². The highest BCUT2D eigenvalue weighted by Crippen LogP contribution is 2.23. The predicted octanol–water partition coefficient (Wildman–Crippen LogP) is 3.84. The minimum absolute atomic E-state index is 0.0847. The largest absolute Gasteiger partial charge is 0.456 e. The highest BCUT2D eigenvalue weighted by molar-refractivity contribution is 9.10. The van der Waals surface area contributed by atoms with Crippen LogP contribution in [-0.2, 0) is 0 Å². The van der Waals surface area contributed by atoms with E-state index in [1.165, 1.54) is 0 Å². The molecule has 94 valence electrons. The van der Waals surface area contributed by atoms with Gasteiger partial charge in [-0.05, 0) is 37.6 Å². The Morgan fingerprint density at radius 3 is 2.61 bits per heavy atom. The van der Waals surface area contributed by atoms with E-state index in [9.17, 15) is 4.79 Å². The number of carbonyl (C=O) groups excluding carboxylic acids is 1. The van der Waals surface area contributed by atoms with Gasteiger partial charge in [0, 0.05) is 4.47 Å². The van der Waals surface area contributed by atoms with Crippen molar-refractivity contribution in [2.45, 2.75) is 19.9 Å². The number of furan rings is 1. The van der Waals surface area contributed by atoms with E-state index in [0.717, 1.165) is 15.8 Å². The molecule has 1 aromatic carbocycles. The van der Waals surface area contributed by atoms with Crippen molar-refractivity contribution < 1.29 is 9.21 Å². The summed E-state index contributed by atoms with van der Waals surface area (Å²) in [6, 6.07) is 11.2. The Hall–Kier alpha value is -1.55. The molecule has 0 radical (unpaired) electrons. The molecule has 2 rings (SSSR count). The third-order valence-corrected chi connectivity index (χ3v) is 3.41. The molecule has 1 heterocycles. The summed E-state index contributed by atoms with van der Waals surface area (Å²) < 4.78 is 6.27. The van der Waals surface area contributed by atoms with Crippen molar-refractivity contribution in [1.82, 2.24) is 5.32 Å². The zero-order chi connectivity index (χ0) is 13.1. The first-order valence-corrected chi connectivity index (χ1v) is 6.49. The van der Waals surface area contributed by atoms with Crippen LogP contribution in [0.3, 0.4) is 0 Å². The molecule has 0 aliphatic heterocycles. The minimum atomic E-state index is -0.202. The van der Waals surface area contributed by atoms with Crippen molar-refractivity contribution in [3.8, 4) is 0 Å². The van der Waals surface area contributed by atoms with Crippen LogP contribution in [0.25, 0.3) is 0 Å². The van der Waals surface area contributed by atoms with Gasteiger partial charge in [0.2, 0.25) is 0 Å². The van der Waals surface area contributed by atoms with E-state index in [1.807, 2.05) is 38.1 Å². The molecule has 1 amide bonds. The van der Waals surface area contributed by atoms with Gasteiger partial charge >= 0.3 is 0 Å². The van der Waals surface area contributed by atoms with Crippen LogP contribution in [0.4, 0.5) is 0 Å². The summed E-state index contributed by atoms with van der Waals surface area (Å²) in [6.07, 6.45) is 0. The summed E-state index contributed by atoms with van der Waals surface area (Å²) in [5.74, 6) is 0.867. The zero-order valence-corrected chi connectivity index (χ0v) is 11.8. The van der Waals surface area contributed by atoms with Crippen molar-refractivity contribution in [2.24, 2.45) is 0 Å². The Labute approximate surface area is 114 Å². The average Bonchev–Trinajstić information content (AvgIpc) is 2.76. The maximum absolute atomic E-state index is 11.9. The van der Waals surface area contributed by atoms with E-state index in [0.29, 0.717) is 5.76 Å². The van der Waals surface area contributed by atoms with Crippen molar-refractivity contribution >= 4 is 21.8 Å². The Morgan fingerprint density at radius 1 is 1.28 bits per heavy atom. The number of aryl methyl sites for hydroxylation is 1. The molecular formula is C14H14BrNO2. The van der Waals surface area contributed by atoms with E-state index in [1.54, 1.807) is 12.1 Å². The molecule has 4 heteroatoms. The molecule has 18 heavy (non-hydrogen) atoms. The standard InChI is InChI=1S/C14H14BrNO2/c1-9-7-8-13(18-9)14(17)16-10(2)11-5-3-4-6-12(11)15/h3-8,10H,1-2H3,(H,16,17). The Kier molecular flexibility index (Phi) is 3.87. The lowest BCUT2D eigenvalue weighted by Gasteiger charge is -2.14. The van der Waals surface area contributed by atoms with Crippen LogP contribution in [0.5, 0.6) is 0 Å². The fourth-order valence-corrected chi connectivity index (χ4v) is 2.36. The quantitative estimate of drug-likeness (QED) is 0.936. The van der Waals surface area contributed by atoms with Gasteiger partial charge in [-0.25, -0.2) is 0 Å². The van der Waals surface area contributed by atoms with E-state index in [4.69, 9.17) is 4.42 Å². The number of rotatable bonds is 3. The first kappa shape index (κ1) is 12.9. The molecule has 0 bridgehead atoms. The third-order valence-electron chi connectivity index (χ3n) is 2.68. The van der Waals surface area contributed by atoms with Gasteiger partial charge < -0.3 is 9.73 Å². The molecule has 0 spiro atoms. The first-order valence-electron chi connectivity index (χ1n) is 5.69. The molecule has 1 aromatic heterocycles. The second kappa shape index (κ2) is 5.40. The predicted molar refractivity (Wildman–Crippen MR) is 73.5 cm³/mol. The zero-order valence-electron chi connectivity index (χ0n) is 10.2. The lowest BCUT2D eigenvalue weighted by atomic mass is 10.1. The van der Waals surface area contributed by atoms with Crippen molar-refractivity contribution in [1.29, 1.82) is 0 Å². The molecule has 0 fully saturated rings. The van der Waals surface area contributed by atoms with Gasteiger partial charge in [-0.3, -0.25) is 4.79 Å². The summed E-state index contributed by atoms with van der Waals surface area (Å²) >= 11 is 3.47. The number of hydrogen-bond donors (Lipinski definition) is 1. The Bertz CT molecular complexity index is 562. The van der Waals surface area contributed by atoms with Gasteiger partial charge in [-0.1, -0.05) is 34.1 Å². The molecule has 2 aromatic rings. The second-order valence-electron chi connectivity index (χ2n) is 4.13. The van der Waals surface area contributed by atoms with Gasteiger partial charge in [0.1, 0.15) is 5.76 Å². The fourth-order valence-electron chi connectivity index (χ4n) is 1.73. The number of halogens is 1. The van der Waals surface area contributed by atoms with E-state index < -0.39 is 0 Å². The fraction of sp³-hybridized carbons (Fsp3) is 0.214. The number of nitrogens with one attached hydrogen (secondary N) is 1. The van der Waals surface area contributed by atoms with Gasteiger partial charge in [0.05, 0.1) is 6.04 Å². The van der Waals surface area contributed by atoms with E-state index in [-0.39, 0.29) is 11.9 Å². The molecule has 1 N–H and O–H groups in total. The summed E-state index contributed by atoms with van der Waals surface area (Å²) in [6.45, 7) is 3.75. The first-order chi connectivity index (χ1) is 8.58. The average molecular weight is 308 g/mol. The van der Waals surface area contributed by atoms with Crippen molar-refractivity contribution in [2.75, 3.05) is 0 Å². The van der Waals surface area contributed by atoms with Crippen LogP contribution in [0.1, 0.15) is 34.8 Å². The molecule has 0 saturated heterocycles. The van der Waals surface area contributed by atoms with Crippen LogP contribution >= 0.6 is 15.9 Å². The number of carbonyl (C=O) groups is 1. The van der Waals surface area contributed by atoms with Crippen LogP contribution in [0, 0.1) is 6.92 Å². The third kappa shape index (κ3) is 2.82. The van der Waals surface area contributed by atoms with Crippen LogP contribution in [-0.4, -0.2) is 5.91 Å². The Morgan fingerprint density at radius 2 is 2.00 bits per heavy atom. The van der Waals surface area contributed by atoms with Gasteiger partial charge in [0.25, 0.3) is 5.91 Å². The molecule has 0 aliphatic carbocycles. The molecule has 0 aliphatic rings. The van der Waals surface area contributed by atoms with Gasteiger partial charge in [-0.15, -0.1) is 0 Å². The summed E-state index contributed by atoms with van der Waals surface area (Å²) in [5, 5.41) is 2.90. The highest BCUT2D eigenvalue weighted by atomic mass is 79.9. The van der Waals surface area contributed by atoms with Crippen molar-refractivity contribution in [3.63, 3.8) is 0 Å². The second-order valence-corrected chi connectivity index (χ2v) is 4.98. The number of amides is 1. The van der Waals surface area contributed by atoms with Gasteiger partial charge in [-0.2, -0.15) is 0 Å². The Balaban J connectivity index is 2.10. The maximum atomic E-state index is 11.9. The molecule has 1 unspecified atom stereocenters. The summed E-state index contributed by atoms with van der Waals surface area (Å²) in [7, 11) is 0.